The van der Waals surface area contributed by atoms with E-state index in [1.165, 1.54) is 10.6 Å². The highest BCUT2D eigenvalue weighted by Gasteiger charge is 2.20. The molecule has 3 heterocycles. The van der Waals surface area contributed by atoms with Crippen LogP contribution in [0.15, 0.2) is 41.8 Å². The van der Waals surface area contributed by atoms with Gasteiger partial charge in [0.25, 0.3) is 0 Å². The summed E-state index contributed by atoms with van der Waals surface area (Å²) in [5.74, 6) is 0. The number of piperazine rings is 1. The van der Waals surface area contributed by atoms with Gasteiger partial charge >= 0.3 is 0 Å². The number of halogens is 1. The smallest absolute Gasteiger partial charge is 0.208 e. The summed E-state index contributed by atoms with van der Waals surface area (Å²) >= 11 is 9.43. The molecule has 0 spiro atoms. The van der Waals surface area contributed by atoms with Crippen molar-refractivity contribution in [2.75, 3.05) is 36.0 Å². The van der Waals surface area contributed by atoms with Crippen LogP contribution in [0.25, 0.3) is 0 Å². The minimum Gasteiger partial charge on any atom is -0.360 e. The van der Waals surface area contributed by atoms with Gasteiger partial charge in [0.2, 0.25) is 5.13 Å². The number of hydrogen-bond acceptors (Lipinski definition) is 6. The van der Waals surface area contributed by atoms with Gasteiger partial charge in [-0.15, -0.1) is 21.5 Å². The van der Waals surface area contributed by atoms with E-state index >= 15 is 0 Å². The van der Waals surface area contributed by atoms with Gasteiger partial charge in [0, 0.05) is 37.6 Å². The molecule has 1 fully saturated rings. The van der Waals surface area contributed by atoms with E-state index in [0.29, 0.717) is 0 Å². The van der Waals surface area contributed by atoms with Crippen LogP contribution in [0.5, 0.6) is 0 Å². The average molecular weight is 377 g/mol. The van der Waals surface area contributed by atoms with E-state index in [1.807, 2.05) is 24.3 Å². The molecule has 0 atom stereocenters. The SMILES string of the molecule is Clc1ccc(Cc2nnc(N3CCN(c4cccs4)CC3)s2)cc1. The minimum atomic E-state index is 0.764. The molecule has 4 rings (SSSR count). The Kier molecular flexibility index (Phi) is 4.69. The fraction of sp³-hybridized carbons (Fsp3) is 0.294. The second-order valence-electron chi connectivity index (χ2n) is 5.71. The number of benzene rings is 1. The standard InChI is InChI=1S/C17H17ClN4S2/c18-14-5-3-13(4-6-14)12-15-19-20-17(24-15)22-9-7-21(8-10-22)16-2-1-11-23-16/h1-6,11H,7-10,12H2. The second kappa shape index (κ2) is 7.09. The molecule has 0 bridgehead atoms. The molecular weight excluding hydrogens is 360 g/mol. The van der Waals surface area contributed by atoms with Crippen molar-refractivity contribution in [1.82, 2.24) is 10.2 Å². The van der Waals surface area contributed by atoms with Crippen molar-refractivity contribution in [2.45, 2.75) is 6.42 Å². The summed E-state index contributed by atoms with van der Waals surface area (Å²) in [6.45, 7) is 4.06. The van der Waals surface area contributed by atoms with Crippen LogP contribution in [0.2, 0.25) is 5.02 Å². The Balaban J connectivity index is 1.38. The Labute approximate surface area is 154 Å². The lowest BCUT2D eigenvalue weighted by Crippen LogP contribution is -2.46. The van der Waals surface area contributed by atoms with Crippen LogP contribution in [-0.4, -0.2) is 36.4 Å². The van der Waals surface area contributed by atoms with Crippen LogP contribution in [0.4, 0.5) is 10.1 Å². The predicted octanol–water partition coefficient (Wildman–Crippen LogP) is 4.17. The normalized spacial score (nSPS) is 15.0. The van der Waals surface area contributed by atoms with Gasteiger partial charge in [-0.25, -0.2) is 0 Å². The zero-order valence-corrected chi connectivity index (χ0v) is 15.4. The molecule has 124 valence electrons. The maximum absolute atomic E-state index is 5.93. The lowest BCUT2D eigenvalue weighted by Gasteiger charge is -2.34. The first-order chi connectivity index (χ1) is 11.8. The van der Waals surface area contributed by atoms with E-state index in [9.17, 15) is 0 Å². The average Bonchev–Trinajstić information content (AvgIpc) is 3.29. The first-order valence-electron chi connectivity index (χ1n) is 7.88. The van der Waals surface area contributed by atoms with Crippen molar-refractivity contribution in [3.63, 3.8) is 0 Å². The van der Waals surface area contributed by atoms with E-state index in [0.717, 1.165) is 47.8 Å². The summed E-state index contributed by atoms with van der Waals surface area (Å²) in [6, 6.07) is 12.2. The summed E-state index contributed by atoms with van der Waals surface area (Å²) < 4.78 is 0. The van der Waals surface area contributed by atoms with Gasteiger partial charge in [-0.1, -0.05) is 35.1 Å². The van der Waals surface area contributed by atoms with Crippen LogP contribution in [0.1, 0.15) is 10.6 Å². The van der Waals surface area contributed by atoms with Crippen LogP contribution in [-0.2, 0) is 6.42 Å². The molecule has 0 amide bonds. The molecule has 1 saturated heterocycles. The molecule has 1 aromatic carbocycles. The number of hydrogen-bond donors (Lipinski definition) is 0. The lowest BCUT2D eigenvalue weighted by atomic mass is 10.2. The first kappa shape index (κ1) is 15.9. The van der Waals surface area contributed by atoms with Crippen LogP contribution >= 0.6 is 34.3 Å². The Morgan fingerprint density at radius 3 is 2.42 bits per heavy atom. The van der Waals surface area contributed by atoms with E-state index < -0.39 is 0 Å². The molecule has 24 heavy (non-hydrogen) atoms. The van der Waals surface area contributed by atoms with Gasteiger partial charge < -0.3 is 9.80 Å². The van der Waals surface area contributed by atoms with Gasteiger partial charge in [0.1, 0.15) is 5.01 Å². The van der Waals surface area contributed by atoms with E-state index in [-0.39, 0.29) is 0 Å². The Hall–Kier alpha value is -1.63. The molecule has 0 unspecified atom stereocenters. The summed E-state index contributed by atoms with van der Waals surface area (Å²) in [7, 11) is 0. The number of aromatic nitrogens is 2. The molecule has 1 aliphatic rings. The highest BCUT2D eigenvalue weighted by Crippen LogP contribution is 2.27. The summed E-state index contributed by atoms with van der Waals surface area (Å²) in [6.07, 6.45) is 0.810. The third-order valence-electron chi connectivity index (χ3n) is 4.09. The molecule has 3 aromatic rings. The van der Waals surface area contributed by atoms with Gasteiger partial charge in [0.05, 0.1) is 5.00 Å². The van der Waals surface area contributed by atoms with Gasteiger partial charge in [-0.05, 0) is 35.2 Å². The highest BCUT2D eigenvalue weighted by atomic mass is 35.5. The fourth-order valence-electron chi connectivity index (χ4n) is 2.79. The van der Waals surface area contributed by atoms with Gasteiger partial charge in [0.15, 0.2) is 0 Å². The zero-order valence-electron chi connectivity index (χ0n) is 13.1. The Bertz CT molecular complexity index is 777. The molecule has 1 aliphatic heterocycles. The highest BCUT2D eigenvalue weighted by molar-refractivity contribution is 7.15. The molecule has 7 heteroatoms. The van der Waals surface area contributed by atoms with Crippen LogP contribution < -0.4 is 9.80 Å². The largest absolute Gasteiger partial charge is 0.360 e. The van der Waals surface area contributed by atoms with Crippen molar-refractivity contribution in [3.8, 4) is 0 Å². The van der Waals surface area contributed by atoms with Gasteiger partial charge in [-0.2, -0.15) is 0 Å². The molecule has 2 aromatic heterocycles. The van der Waals surface area contributed by atoms with Crippen molar-refractivity contribution >= 4 is 44.4 Å². The third kappa shape index (κ3) is 3.55. The minimum absolute atomic E-state index is 0.764. The maximum Gasteiger partial charge on any atom is 0.208 e. The Morgan fingerprint density at radius 1 is 0.958 bits per heavy atom. The van der Waals surface area contributed by atoms with Crippen molar-refractivity contribution in [1.29, 1.82) is 0 Å². The molecular formula is C17H17ClN4S2. The number of thiophene rings is 1. The summed E-state index contributed by atoms with van der Waals surface area (Å²) in [4.78, 5) is 4.78. The van der Waals surface area contributed by atoms with Crippen molar-refractivity contribution in [2.24, 2.45) is 0 Å². The molecule has 4 nitrogen and oxygen atoms in total. The zero-order chi connectivity index (χ0) is 16.4. The van der Waals surface area contributed by atoms with Gasteiger partial charge in [-0.3, -0.25) is 0 Å². The molecule has 0 aliphatic carbocycles. The number of anilines is 2. The van der Waals surface area contributed by atoms with Crippen LogP contribution in [0, 0.1) is 0 Å². The summed E-state index contributed by atoms with van der Waals surface area (Å²) in [5.41, 5.74) is 1.21. The number of nitrogens with zero attached hydrogens (tertiary/aromatic N) is 4. The summed E-state index contributed by atoms with van der Waals surface area (Å²) in [5, 5.41) is 15.1. The van der Waals surface area contributed by atoms with E-state index in [1.54, 1.807) is 22.7 Å². The quantitative estimate of drug-likeness (QED) is 0.684. The molecule has 0 radical (unpaired) electrons. The monoisotopic (exact) mass is 376 g/mol. The first-order valence-corrected chi connectivity index (χ1v) is 9.95. The van der Waals surface area contributed by atoms with E-state index in [2.05, 4.69) is 37.5 Å². The second-order valence-corrected chi connectivity index (χ2v) is 8.11. The van der Waals surface area contributed by atoms with E-state index in [4.69, 9.17) is 11.6 Å². The van der Waals surface area contributed by atoms with Crippen molar-refractivity contribution in [3.05, 3.63) is 57.4 Å². The lowest BCUT2D eigenvalue weighted by molar-refractivity contribution is 0.653. The fourth-order valence-corrected chi connectivity index (χ4v) is 4.62. The maximum atomic E-state index is 5.93. The Morgan fingerprint density at radius 2 is 1.71 bits per heavy atom. The van der Waals surface area contributed by atoms with Crippen LogP contribution in [0.3, 0.4) is 0 Å². The predicted molar refractivity (Wildman–Crippen MR) is 103 cm³/mol. The third-order valence-corrected chi connectivity index (χ3v) is 6.26. The number of rotatable bonds is 4. The molecule has 0 N–H and O–H groups in total. The van der Waals surface area contributed by atoms with Crippen molar-refractivity contribution < 1.29 is 0 Å². The topological polar surface area (TPSA) is 32.3 Å². The molecule has 0 saturated carbocycles.